The van der Waals surface area contributed by atoms with Crippen molar-refractivity contribution >= 4 is 0 Å². The summed E-state index contributed by atoms with van der Waals surface area (Å²) in [6.07, 6.45) is 4.82. The number of hydrogen-bond donors (Lipinski definition) is 2. The van der Waals surface area contributed by atoms with Crippen LogP contribution >= 0.6 is 0 Å². The summed E-state index contributed by atoms with van der Waals surface area (Å²) in [6.45, 7) is 6.48. The van der Waals surface area contributed by atoms with Gasteiger partial charge in [0.05, 0.1) is 11.8 Å². The number of aliphatic hydroxyl groups is 1. The molecule has 86 valence electrons. The monoisotopic (exact) mass is 211 g/mol. The van der Waals surface area contributed by atoms with E-state index < -0.39 is 5.60 Å². The minimum absolute atomic E-state index is 0.0918. The fraction of sp³-hybridized carbons (Fsp3) is 0.727. The van der Waals surface area contributed by atoms with E-state index in [4.69, 9.17) is 0 Å². The number of rotatable bonds is 5. The fourth-order valence-electron chi connectivity index (χ4n) is 1.28. The minimum atomic E-state index is -0.672. The lowest BCUT2D eigenvalue weighted by Crippen LogP contribution is -2.45. The van der Waals surface area contributed by atoms with Gasteiger partial charge in [-0.3, -0.25) is 4.68 Å². The third-order valence-electron chi connectivity index (χ3n) is 2.68. The van der Waals surface area contributed by atoms with E-state index in [0.717, 1.165) is 13.0 Å². The molecular weight excluding hydrogens is 190 g/mol. The highest BCUT2D eigenvalue weighted by Crippen LogP contribution is 2.07. The zero-order valence-electron chi connectivity index (χ0n) is 9.99. The number of aromatic nitrogens is 2. The molecule has 1 atom stereocenters. The van der Waals surface area contributed by atoms with Crippen LogP contribution in [0.2, 0.25) is 0 Å². The molecule has 1 aromatic heterocycles. The Labute approximate surface area is 91.3 Å². The van der Waals surface area contributed by atoms with E-state index in [-0.39, 0.29) is 6.04 Å². The molecule has 0 bridgehead atoms. The van der Waals surface area contributed by atoms with Crippen LogP contribution < -0.4 is 5.32 Å². The third kappa shape index (κ3) is 4.01. The second kappa shape index (κ2) is 4.77. The molecule has 0 aliphatic heterocycles. The van der Waals surface area contributed by atoms with Crippen LogP contribution in [-0.2, 0) is 13.5 Å². The standard InChI is InChI=1S/C11H21N3O/c1-9(11(2,3)15)12-6-5-10-7-13-14(4)8-10/h7-9,12,15H,5-6H2,1-4H3. The third-order valence-corrected chi connectivity index (χ3v) is 2.68. The molecule has 4 nitrogen and oxygen atoms in total. The Morgan fingerprint density at radius 1 is 1.60 bits per heavy atom. The van der Waals surface area contributed by atoms with Crippen molar-refractivity contribution in [3.05, 3.63) is 18.0 Å². The van der Waals surface area contributed by atoms with Gasteiger partial charge < -0.3 is 10.4 Å². The Kier molecular flexibility index (Phi) is 3.88. The Morgan fingerprint density at radius 3 is 2.73 bits per heavy atom. The first kappa shape index (κ1) is 12.2. The van der Waals surface area contributed by atoms with E-state index in [9.17, 15) is 5.11 Å². The lowest BCUT2D eigenvalue weighted by atomic mass is 10.0. The molecule has 0 amide bonds. The van der Waals surface area contributed by atoms with Gasteiger partial charge in [-0.2, -0.15) is 5.10 Å². The zero-order chi connectivity index (χ0) is 11.5. The highest BCUT2D eigenvalue weighted by molar-refractivity contribution is 5.04. The van der Waals surface area contributed by atoms with Crippen molar-refractivity contribution in [3.63, 3.8) is 0 Å². The largest absolute Gasteiger partial charge is 0.389 e. The first-order valence-corrected chi connectivity index (χ1v) is 5.33. The summed E-state index contributed by atoms with van der Waals surface area (Å²) in [5.41, 5.74) is 0.544. The first-order valence-electron chi connectivity index (χ1n) is 5.33. The van der Waals surface area contributed by atoms with Crippen LogP contribution in [0.25, 0.3) is 0 Å². The second-order valence-corrected chi connectivity index (χ2v) is 4.60. The highest BCUT2D eigenvalue weighted by Gasteiger charge is 2.21. The van der Waals surface area contributed by atoms with Crippen LogP contribution in [0.15, 0.2) is 12.4 Å². The SMILES string of the molecule is CC(NCCc1cnn(C)c1)C(C)(C)O. The zero-order valence-corrected chi connectivity index (χ0v) is 9.99. The van der Waals surface area contributed by atoms with Gasteiger partial charge in [-0.25, -0.2) is 0 Å². The van der Waals surface area contributed by atoms with Crippen molar-refractivity contribution in [1.29, 1.82) is 0 Å². The Bertz CT molecular complexity index is 301. The molecule has 0 saturated heterocycles. The molecule has 1 heterocycles. The molecule has 1 unspecified atom stereocenters. The lowest BCUT2D eigenvalue weighted by Gasteiger charge is -2.26. The van der Waals surface area contributed by atoms with E-state index in [1.54, 1.807) is 4.68 Å². The maximum Gasteiger partial charge on any atom is 0.0741 e. The summed E-state index contributed by atoms with van der Waals surface area (Å²) in [7, 11) is 1.91. The molecule has 0 fully saturated rings. The smallest absolute Gasteiger partial charge is 0.0741 e. The molecule has 2 N–H and O–H groups in total. The van der Waals surface area contributed by atoms with Crippen molar-refractivity contribution < 1.29 is 5.11 Å². The summed E-state index contributed by atoms with van der Waals surface area (Å²) in [5, 5.41) is 17.1. The average molecular weight is 211 g/mol. The molecule has 15 heavy (non-hydrogen) atoms. The number of nitrogens with one attached hydrogen (secondary N) is 1. The van der Waals surface area contributed by atoms with Crippen LogP contribution in [-0.4, -0.2) is 33.1 Å². The van der Waals surface area contributed by atoms with E-state index >= 15 is 0 Å². The molecule has 0 spiro atoms. The molecule has 0 aliphatic carbocycles. The van der Waals surface area contributed by atoms with Gasteiger partial charge in [0.2, 0.25) is 0 Å². The number of aryl methyl sites for hydroxylation is 1. The maximum atomic E-state index is 9.71. The van der Waals surface area contributed by atoms with Gasteiger partial charge in [0.1, 0.15) is 0 Å². The molecule has 0 radical (unpaired) electrons. The van der Waals surface area contributed by atoms with Gasteiger partial charge in [-0.15, -0.1) is 0 Å². The van der Waals surface area contributed by atoms with Gasteiger partial charge in [-0.1, -0.05) is 0 Å². The van der Waals surface area contributed by atoms with Crippen LogP contribution in [0.4, 0.5) is 0 Å². The van der Waals surface area contributed by atoms with Crippen molar-refractivity contribution in [3.8, 4) is 0 Å². The topological polar surface area (TPSA) is 50.1 Å². The summed E-state index contributed by atoms with van der Waals surface area (Å²) in [4.78, 5) is 0. The normalized spacial score (nSPS) is 14.2. The molecule has 1 aromatic rings. The van der Waals surface area contributed by atoms with E-state index in [0.29, 0.717) is 0 Å². The molecular formula is C11H21N3O. The summed E-state index contributed by atoms with van der Waals surface area (Å²) >= 11 is 0. The summed E-state index contributed by atoms with van der Waals surface area (Å²) in [6, 6.07) is 0.0918. The minimum Gasteiger partial charge on any atom is -0.389 e. The highest BCUT2D eigenvalue weighted by atomic mass is 16.3. The van der Waals surface area contributed by atoms with Gasteiger partial charge in [-0.05, 0) is 39.3 Å². The molecule has 1 rings (SSSR count). The summed E-state index contributed by atoms with van der Waals surface area (Å²) < 4.78 is 1.80. The van der Waals surface area contributed by atoms with Crippen LogP contribution in [0.5, 0.6) is 0 Å². The average Bonchev–Trinajstić information content (AvgIpc) is 2.49. The van der Waals surface area contributed by atoms with Crippen LogP contribution in [0.3, 0.4) is 0 Å². The second-order valence-electron chi connectivity index (χ2n) is 4.60. The maximum absolute atomic E-state index is 9.71. The van der Waals surface area contributed by atoms with Gasteiger partial charge in [0.25, 0.3) is 0 Å². The molecule has 4 heteroatoms. The van der Waals surface area contributed by atoms with E-state index in [1.807, 2.05) is 40.2 Å². The van der Waals surface area contributed by atoms with Gasteiger partial charge >= 0.3 is 0 Å². The van der Waals surface area contributed by atoms with E-state index in [1.165, 1.54) is 5.56 Å². The first-order chi connectivity index (χ1) is 6.89. The lowest BCUT2D eigenvalue weighted by molar-refractivity contribution is 0.0446. The molecule has 0 saturated carbocycles. The van der Waals surface area contributed by atoms with Gasteiger partial charge in [0, 0.05) is 19.3 Å². The predicted molar refractivity (Wildman–Crippen MR) is 60.7 cm³/mol. The Balaban J connectivity index is 2.28. The number of nitrogens with zero attached hydrogens (tertiary/aromatic N) is 2. The van der Waals surface area contributed by atoms with Crippen LogP contribution in [0, 0.1) is 0 Å². The number of hydrogen-bond acceptors (Lipinski definition) is 3. The summed E-state index contributed by atoms with van der Waals surface area (Å²) in [5.74, 6) is 0. The quantitative estimate of drug-likeness (QED) is 0.754. The van der Waals surface area contributed by atoms with E-state index in [2.05, 4.69) is 10.4 Å². The van der Waals surface area contributed by atoms with Crippen molar-refractivity contribution in [2.45, 2.75) is 38.8 Å². The molecule has 0 aliphatic rings. The fourth-order valence-corrected chi connectivity index (χ4v) is 1.28. The van der Waals surface area contributed by atoms with Crippen molar-refractivity contribution in [2.24, 2.45) is 7.05 Å². The predicted octanol–water partition coefficient (Wildman–Crippen LogP) is 0.712. The molecule has 0 aromatic carbocycles. The van der Waals surface area contributed by atoms with Crippen molar-refractivity contribution in [1.82, 2.24) is 15.1 Å². The Hall–Kier alpha value is -0.870. The Morgan fingerprint density at radius 2 is 2.27 bits per heavy atom. The van der Waals surface area contributed by atoms with Gasteiger partial charge in [0.15, 0.2) is 0 Å². The van der Waals surface area contributed by atoms with Crippen LogP contribution in [0.1, 0.15) is 26.3 Å². The van der Waals surface area contributed by atoms with Crippen molar-refractivity contribution in [2.75, 3.05) is 6.54 Å².